The number of amides is 1. The highest BCUT2D eigenvalue weighted by Crippen LogP contribution is 2.11. The molecule has 0 atom stereocenters. The van der Waals surface area contributed by atoms with E-state index in [4.69, 9.17) is 0 Å². The Morgan fingerprint density at radius 1 is 1.39 bits per heavy atom. The summed E-state index contributed by atoms with van der Waals surface area (Å²) >= 11 is 0. The molecule has 18 heavy (non-hydrogen) atoms. The van der Waals surface area contributed by atoms with Gasteiger partial charge in [0.1, 0.15) is 0 Å². The average Bonchev–Trinajstić information content (AvgIpc) is 2.51. The quantitative estimate of drug-likeness (QED) is 0.763. The molecule has 1 aromatic heterocycles. The highest BCUT2D eigenvalue weighted by atomic mass is 35.5. The molecule has 6 heteroatoms. The molecule has 0 aliphatic carbocycles. The standard InChI is InChI=1S/C12H22N4O.ClH/c1-9-11(10(2)16(4)15-9)8-14-12(17)6-5-7-13-3;/h13H,5-8H2,1-4H3,(H,14,17);1H. The number of carbonyl (C=O) groups is 1. The lowest BCUT2D eigenvalue weighted by atomic mass is 10.2. The number of aryl methyl sites for hydroxylation is 2. The predicted molar refractivity (Wildman–Crippen MR) is 74.9 cm³/mol. The van der Waals surface area contributed by atoms with Crippen molar-refractivity contribution in [3.05, 3.63) is 17.0 Å². The van der Waals surface area contributed by atoms with Gasteiger partial charge in [0.05, 0.1) is 5.69 Å². The Morgan fingerprint density at radius 3 is 2.56 bits per heavy atom. The van der Waals surface area contributed by atoms with Crippen molar-refractivity contribution in [1.29, 1.82) is 0 Å². The lowest BCUT2D eigenvalue weighted by Crippen LogP contribution is -2.24. The first kappa shape index (κ1) is 16.9. The van der Waals surface area contributed by atoms with Gasteiger partial charge in [-0.25, -0.2) is 0 Å². The smallest absolute Gasteiger partial charge is 0.220 e. The maximum atomic E-state index is 11.6. The first-order chi connectivity index (χ1) is 8.06. The Hall–Kier alpha value is -1.07. The molecule has 1 amide bonds. The summed E-state index contributed by atoms with van der Waals surface area (Å²) in [6.45, 7) is 5.43. The van der Waals surface area contributed by atoms with Crippen molar-refractivity contribution in [2.75, 3.05) is 13.6 Å². The van der Waals surface area contributed by atoms with Gasteiger partial charge < -0.3 is 10.6 Å². The summed E-state index contributed by atoms with van der Waals surface area (Å²) in [6, 6.07) is 0. The Balaban J connectivity index is 0.00000289. The molecule has 0 aliphatic rings. The molecule has 0 radical (unpaired) electrons. The second-order valence-electron chi connectivity index (χ2n) is 4.26. The summed E-state index contributed by atoms with van der Waals surface area (Å²) < 4.78 is 1.85. The predicted octanol–water partition coefficient (Wildman–Crippen LogP) is 1.07. The fourth-order valence-corrected chi connectivity index (χ4v) is 1.77. The zero-order valence-electron chi connectivity index (χ0n) is 11.5. The highest BCUT2D eigenvalue weighted by molar-refractivity contribution is 5.85. The van der Waals surface area contributed by atoms with Crippen LogP contribution in [0.1, 0.15) is 29.8 Å². The SMILES string of the molecule is CNCCCC(=O)NCc1c(C)nn(C)c1C.Cl. The van der Waals surface area contributed by atoms with Crippen LogP contribution >= 0.6 is 12.4 Å². The van der Waals surface area contributed by atoms with Crippen LogP contribution in [0.25, 0.3) is 0 Å². The number of hydrogen-bond acceptors (Lipinski definition) is 3. The van der Waals surface area contributed by atoms with Crippen LogP contribution in [0.3, 0.4) is 0 Å². The van der Waals surface area contributed by atoms with Gasteiger partial charge in [0, 0.05) is 31.3 Å². The van der Waals surface area contributed by atoms with E-state index in [1.165, 1.54) is 0 Å². The number of carbonyl (C=O) groups excluding carboxylic acids is 1. The van der Waals surface area contributed by atoms with Crippen LogP contribution in [-0.4, -0.2) is 29.3 Å². The molecule has 1 rings (SSSR count). The minimum absolute atomic E-state index is 0. The van der Waals surface area contributed by atoms with Crippen LogP contribution in [0.5, 0.6) is 0 Å². The van der Waals surface area contributed by atoms with Gasteiger partial charge in [-0.05, 0) is 33.9 Å². The van der Waals surface area contributed by atoms with Crippen LogP contribution < -0.4 is 10.6 Å². The van der Waals surface area contributed by atoms with E-state index in [1.807, 2.05) is 32.6 Å². The van der Waals surface area contributed by atoms with E-state index < -0.39 is 0 Å². The zero-order valence-corrected chi connectivity index (χ0v) is 12.4. The van der Waals surface area contributed by atoms with Crippen LogP contribution in [0.15, 0.2) is 0 Å². The molecule has 2 N–H and O–H groups in total. The molecule has 1 aromatic rings. The molecule has 0 bridgehead atoms. The largest absolute Gasteiger partial charge is 0.352 e. The van der Waals surface area contributed by atoms with Gasteiger partial charge in [-0.2, -0.15) is 5.10 Å². The Bertz CT molecular complexity index is 390. The Morgan fingerprint density at radius 2 is 2.06 bits per heavy atom. The number of nitrogens with one attached hydrogen (secondary N) is 2. The van der Waals surface area contributed by atoms with Crippen molar-refractivity contribution >= 4 is 18.3 Å². The van der Waals surface area contributed by atoms with Gasteiger partial charge in [-0.15, -0.1) is 12.4 Å². The number of hydrogen-bond donors (Lipinski definition) is 2. The van der Waals surface area contributed by atoms with Crippen molar-refractivity contribution in [1.82, 2.24) is 20.4 Å². The van der Waals surface area contributed by atoms with E-state index >= 15 is 0 Å². The third-order valence-corrected chi connectivity index (χ3v) is 2.95. The summed E-state index contributed by atoms with van der Waals surface area (Å²) in [4.78, 5) is 11.6. The second kappa shape index (κ2) is 8.11. The topological polar surface area (TPSA) is 59.0 Å². The average molecular weight is 275 g/mol. The molecular formula is C12H23ClN4O. The van der Waals surface area contributed by atoms with Gasteiger partial charge in [-0.3, -0.25) is 9.48 Å². The minimum Gasteiger partial charge on any atom is -0.352 e. The van der Waals surface area contributed by atoms with Gasteiger partial charge >= 0.3 is 0 Å². The normalized spacial score (nSPS) is 10.0. The van der Waals surface area contributed by atoms with Crippen molar-refractivity contribution in [3.63, 3.8) is 0 Å². The van der Waals surface area contributed by atoms with Crippen LogP contribution in [-0.2, 0) is 18.4 Å². The van der Waals surface area contributed by atoms with E-state index in [0.29, 0.717) is 13.0 Å². The highest BCUT2D eigenvalue weighted by Gasteiger charge is 2.10. The van der Waals surface area contributed by atoms with Crippen molar-refractivity contribution < 1.29 is 4.79 Å². The fraction of sp³-hybridized carbons (Fsp3) is 0.667. The first-order valence-corrected chi connectivity index (χ1v) is 5.96. The summed E-state index contributed by atoms with van der Waals surface area (Å²) in [5.41, 5.74) is 3.22. The summed E-state index contributed by atoms with van der Waals surface area (Å²) in [7, 11) is 3.81. The second-order valence-corrected chi connectivity index (χ2v) is 4.26. The van der Waals surface area contributed by atoms with E-state index in [9.17, 15) is 4.79 Å². The molecule has 0 fully saturated rings. The fourth-order valence-electron chi connectivity index (χ4n) is 1.77. The number of rotatable bonds is 6. The van der Waals surface area contributed by atoms with E-state index in [1.54, 1.807) is 0 Å². The molecule has 5 nitrogen and oxygen atoms in total. The molecule has 0 saturated carbocycles. The summed E-state index contributed by atoms with van der Waals surface area (Å²) in [5.74, 6) is 0.0999. The third-order valence-electron chi connectivity index (χ3n) is 2.95. The zero-order chi connectivity index (χ0) is 12.8. The van der Waals surface area contributed by atoms with Crippen molar-refractivity contribution in [3.8, 4) is 0 Å². The van der Waals surface area contributed by atoms with Crippen LogP contribution in [0.4, 0.5) is 0 Å². The Kier molecular flexibility index (Phi) is 7.62. The number of nitrogens with zero attached hydrogens (tertiary/aromatic N) is 2. The molecule has 104 valence electrons. The first-order valence-electron chi connectivity index (χ1n) is 5.96. The van der Waals surface area contributed by atoms with Crippen molar-refractivity contribution in [2.45, 2.75) is 33.2 Å². The molecule has 1 heterocycles. The van der Waals surface area contributed by atoms with Crippen molar-refractivity contribution in [2.24, 2.45) is 7.05 Å². The monoisotopic (exact) mass is 274 g/mol. The maximum absolute atomic E-state index is 11.6. The lowest BCUT2D eigenvalue weighted by molar-refractivity contribution is -0.121. The summed E-state index contributed by atoms with van der Waals surface area (Å²) in [5, 5.41) is 10.3. The van der Waals surface area contributed by atoms with E-state index in [-0.39, 0.29) is 18.3 Å². The van der Waals surface area contributed by atoms with Crippen LogP contribution in [0, 0.1) is 13.8 Å². The lowest BCUT2D eigenvalue weighted by Gasteiger charge is -2.05. The van der Waals surface area contributed by atoms with E-state index in [2.05, 4.69) is 15.7 Å². The molecule has 0 aliphatic heterocycles. The number of halogens is 1. The van der Waals surface area contributed by atoms with E-state index in [0.717, 1.165) is 29.9 Å². The number of aromatic nitrogens is 2. The van der Waals surface area contributed by atoms with Gasteiger partial charge in [0.15, 0.2) is 0 Å². The summed E-state index contributed by atoms with van der Waals surface area (Å²) in [6.07, 6.45) is 1.44. The van der Waals surface area contributed by atoms with Crippen LogP contribution in [0.2, 0.25) is 0 Å². The molecule has 0 unspecified atom stereocenters. The maximum Gasteiger partial charge on any atom is 0.220 e. The molecule has 0 saturated heterocycles. The minimum atomic E-state index is 0. The van der Waals surface area contributed by atoms with Gasteiger partial charge in [0.25, 0.3) is 0 Å². The Labute approximate surface area is 115 Å². The molecule has 0 aromatic carbocycles. The molecule has 0 spiro atoms. The third kappa shape index (κ3) is 4.66. The van der Waals surface area contributed by atoms with Gasteiger partial charge in [-0.1, -0.05) is 0 Å². The van der Waals surface area contributed by atoms with Gasteiger partial charge in [0.2, 0.25) is 5.91 Å². The molecular weight excluding hydrogens is 252 g/mol.